The molecule has 0 saturated carbocycles. The van der Waals surface area contributed by atoms with Gasteiger partial charge in [0.05, 0.1) is 11.4 Å². The van der Waals surface area contributed by atoms with Crippen LogP contribution in [0.25, 0.3) is 0 Å². The van der Waals surface area contributed by atoms with Gasteiger partial charge < -0.3 is 31.7 Å². The summed E-state index contributed by atoms with van der Waals surface area (Å²) in [5.41, 5.74) is 5.60. The summed E-state index contributed by atoms with van der Waals surface area (Å²) in [6.07, 6.45) is 0.00577. The van der Waals surface area contributed by atoms with Gasteiger partial charge in [0.25, 0.3) is 5.91 Å². The number of amidine groups is 1. The molecule has 0 bridgehead atoms. The molecule has 0 saturated heterocycles. The van der Waals surface area contributed by atoms with Gasteiger partial charge in [0.15, 0.2) is 12.2 Å². The third kappa shape index (κ3) is 6.18. The van der Waals surface area contributed by atoms with Crippen LogP contribution < -0.4 is 16.4 Å². The molecule has 0 radical (unpaired) electrons. The number of amides is 1. The van der Waals surface area contributed by atoms with Crippen LogP contribution in [0.15, 0.2) is 22.1 Å². The second-order valence-electron chi connectivity index (χ2n) is 7.06. The Morgan fingerprint density at radius 2 is 2.10 bits per heavy atom. The van der Waals surface area contributed by atoms with Gasteiger partial charge >= 0.3 is 11.9 Å². The van der Waals surface area contributed by atoms with Crippen LogP contribution in [-0.4, -0.2) is 74.3 Å². The number of carboxylic acids is 2. The van der Waals surface area contributed by atoms with E-state index in [9.17, 15) is 24.6 Å². The fourth-order valence-corrected chi connectivity index (χ4v) is 5.37. The Morgan fingerprint density at radius 3 is 2.81 bits per heavy atom. The topological polar surface area (TPSA) is 187 Å². The summed E-state index contributed by atoms with van der Waals surface area (Å²) in [7, 11) is 0. The number of thiophene rings is 1. The average Bonchev–Trinajstić information content (AvgIpc) is 3.18. The zero-order valence-electron chi connectivity index (χ0n) is 16.4. The van der Waals surface area contributed by atoms with Gasteiger partial charge in [0, 0.05) is 16.5 Å². The van der Waals surface area contributed by atoms with Crippen molar-refractivity contribution < 1.29 is 29.7 Å². The molecule has 7 N–H and O–H groups in total. The predicted molar refractivity (Wildman–Crippen MR) is 117 cm³/mol. The monoisotopic (exact) mass is 469 g/mol. The van der Waals surface area contributed by atoms with E-state index in [-0.39, 0.29) is 29.3 Å². The molecule has 0 aromatic carbocycles. The van der Waals surface area contributed by atoms with Crippen molar-refractivity contribution in [2.24, 2.45) is 15.7 Å². The number of rotatable bonds is 9. The number of hydrogen-bond acceptors (Lipinski definition) is 10. The van der Waals surface area contributed by atoms with Gasteiger partial charge in [0.1, 0.15) is 17.1 Å². The van der Waals surface area contributed by atoms with Crippen molar-refractivity contribution in [3.05, 3.63) is 21.9 Å². The Kier molecular flexibility index (Phi) is 7.51. The van der Waals surface area contributed by atoms with Crippen LogP contribution in [0.3, 0.4) is 0 Å². The van der Waals surface area contributed by atoms with Crippen LogP contribution in [0.5, 0.6) is 0 Å². The number of guanidine groups is 1. The van der Waals surface area contributed by atoms with Crippen LogP contribution in [0.4, 0.5) is 0 Å². The van der Waals surface area contributed by atoms with Crippen molar-refractivity contribution >= 4 is 52.7 Å². The first-order chi connectivity index (χ1) is 14.7. The lowest BCUT2D eigenvalue weighted by atomic mass is 10.1. The van der Waals surface area contributed by atoms with Crippen molar-refractivity contribution in [1.29, 1.82) is 0 Å². The number of aliphatic imine (C=N–C) groups is 2. The minimum atomic E-state index is -1.27. The number of nitrogens with zero attached hydrogens (tertiary/aromatic N) is 2. The highest BCUT2D eigenvalue weighted by Gasteiger charge is 2.35. The van der Waals surface area contributed by atoms with E-state index in [1.54, 1.807) is 17.8 Å². The number of aliphatic hydroxyl groups excluding tert-OH is 1. The molecule has 2 aliphatic rings. The van der Waals surface area contributed by atoms with E-state index >= 15 is 0 Å². The molecule has 3 heterocycles. The lowest BCUT2D eigenvalue weighted by molar-refractivity contribution is -0.140. The number of nitrogens with one attached hydrogen (secondary N) is 2. The van der Waals surface area contributed by atoms with Crippen molar-refractivity contribution in [3.63, 3.8) is 0 Å². The molecule has 0 aliphatic carbocycles. The Balaban J connectivity index is 1.51. The van der Waals surface area contributed by atoms with Crippen molar-refractivity contribution in [2.75, 3.05) is 6.54 Å². The number of hydrogen-bond donors (Lipinski definition) is 6. The number of carbonyl (C=O) groups excluding carboxylic acids is 1. The summed E-state index contributed by atoms with van der Waals surface area (Å²) in [4.78, 5) is 44.0. The summed E-state index contributed by atoms with van der Waals surface area (Å²) in [6, 6.07) is 2.19. The van der Waals surface area contributed by atoms with Crippen molar-refractivity contribution in [1.82, 2.24) is 10.6 Å². The van der Waals surface area contributed by atoms with Gasteiger partial charge in [-0.1, -0.05) is 0 Å². The minimum Gasteiger partial charge on any atom is -0.481 e. The van der Waals surface area contributed by atoms with Gasteiger partial charge in [-0.2, -0.15) is 0 Å². The Hall–Kier alpha value is -2.64. The van der Waals surface area contributed by atoms with Gasteiger partial charge in [-0.25, -0.2) is 9.79 Å². The largest absolute Gasteiger partial charge is 0.481 e. The molecular weight excluding hydrogens is 446 g/mol. The maximum Gasteiger partial charge on any atom is 0.326 e. The summed E-state index contributed by atoms with van der Waals surface area (Å²) in [5.74, 6) is -2.15. The summed E-state index contributed by atoms with van der Waals surface area (Å²) < 4.78 is 0. The van der Waals surface area contributed by atoms with E-state index < -0.39 is 30.1 Å². The maximum absolute atomic E-state index is 12.4. The molecule has 13 heteroatoms. The van der Waals surface area contributed by atoms with Crippen LogP contribution >= 0.6 is 23.1 Å². The number of aliphatic hydroxyl groups is 1. The van der Waals surface area contributed by atoms with Crippen LogP contribution in [-0.2, 0) is 16.0 Å². The number of carbonyl (C=O) groups is 3. The fourth-order valence-electron chi connectivity index (χ4n) is 3.15. The molecule has 4 atom stereocenters. The lowest BCUT2D eigenvalue weighted by Crippen LogP contribution is -2.53. The van der Waals surface area contributed by atoms with E-state index in [0.717, 1.165) is 11.3 Å². The molecule has 168 valence electrons. The molecule has 31 heavy (non-hydrogen) atoms. The average molecular weight is 470 g/mol. The van der Waals surface area contributed by atoms with E-state index in [0.29, 0.717) is 23.7 Å². The number of aryl methyl sites for hydroxylation is 1. The highest BCUT2D eigenvalue weighted by atomic mass is 32.2. The first-order valence-corrected chi connectivity index (χ1v) is 11.3. The lowest BCUT2D eigenvalue weighted by Gasteiger charge is -2.33. The van der Waals surface area contributed by atoms with E-state index in [4.69, 9.17) is 10.8 Å². The maximum atomic E-state index is 12.4. The Labute approximate surface area is 185 Å². The quantitative estimate of drug-likeness (QED) is 0.286. The summed E-state index contributed by atoms with van der Waals surface area (Å²) in [5, 5.41) is 33.1. The van der Waals surface area contributed by atoms with Gasteiger partial charge in [-0.05, 0) is 31.4 Å². The molecular formula is C18H23N5O6S2. The van der Waals surface area contributed by atoms with E-state index in [1.807, 2.05) is 6.07 Å². The van der Waals surface area contributed by atoms with Gasteiger partial charge in [-0.3, -0.25) is 14.6 Å². The Morgan fingerprint density at radius 1 is 1.32 bits per heavy atom. The highest BCUT2D eigenvalue weighted by Crippen LogP contribution is 2.31. The third-order valence-corrected chi connectivity index (χ3v) is 7.39. The van der Waals surface area contributed by atoms with Gasteiger partial charge in [0.2, 0.25) is 0 Å². The number of fused-ring (bicyclic) bond motifs is 1. The molecule has 2 aliphatic heterocycles. The van der Waals surface area contributed by atoms with Crippen LogP contribution in [0, 0.1) is 0 Å². The van der Waals surface area contributed by atoms with Crippen molar-refractivity contribution in [2.45, 2.75) is 48.5 Å². The molecule has 3 rings (SSSR count). The highest BCUT2D eigenvalue weighted by molar-refractivity contribution is 8.01. The Bertz CT molecular complexity index is 917. The zero-order valence-corrected chi connectivity index (χ0v) is 18.0. The molecule has 2 unspecified atom stereocenters. The molecule has 0 spiro atoms. The fraction of sp³-hybridized carbons (Fsp3) is 0.500. The normalized spacial score (nSPS) is 23.6. The van der Waals surface area contributed by atoms with E-state index in [2.05, 4.69) is 20.6 Å². The first kappa shape index (κ1) is 23.0. The molecule has 11 nitrogen and oxygen atoms in total. The smallest absolute Gasteiger partial charge is 0.326 e. The van der Waals surface area contributed by atoms with E-state index in [1.165, 1.54) is 11.3 Å². The molecule has 0 fully saturated rings. The second-order valence-corrected chi connectivity index (χ2v) is 9.67. The zero-order chi connectivity index (χ0) is 22.5. The van der Waals surface area contributed by atoms with Crippen LogP contribution in [0.2, 0.25) is 0 Å². The predicted octanol–water partition coefficient (Wildman–Crippen LogP) is -0.153. The number of thioether (sulfide) groups is 1. The number of nitrogens with two attached hydrogens (primary N) is 1. The standard InChI is InChI=1S/C18H23N5O6S2/c19-18-22-14-13(16(27)23-18)31-9(7-20-14)2-1-8-3-5-11(30-8)15(26)21-10(17(28)29)4-6-12(24)25/h3,5,9-10,13,16,27H,1-2,4,6-7H2,(H,21,26)(H,24,25)(H,28,29)(H3,19,20,22,23)/t9-,10+,13?,16?/m1/s1. The number of carboxylic acid groups (broad SMARTS) is 2. The van der Waals surface area contributed by atoms with Crippen molar-refractivity contribution in [3.8, 4) is 0 Å². The van der Waals surface area contributed by atoms with Crippen LogP contribution in [0.1, 0.15) is 33.8 Å². The summed E-state index contributed by atoms with van der Waals surface area (Å²) in [6.45, 7) is 0.575. The molecule has 1 amide bonds. The third-order valence-electron chi connectivity index (χ3n) is 4.72. The minimum absolute atomic E-state index is 0.152. The summed E-state index contributed by atoms with van der Waals surface area (Å²) >= 11 is 2.85. The SMILES string of the molecule is NC1=NC(O)C2S[C@H](CCc3ccc(C(=O)N[C@@H](CCC(=O)O)C(=O)O)s3)CN=C2N1. The molecule has 1 aromatic heterocycles. The second kappa shape index (κ2) is 10.1. The first-order valence-electron chi connectivity index (χ1n) is 9.55. The molecule has 1 aromatic rings. The van der Waals surface area contributed by atoms with Gasteiger partial charge in [-0.15, -0.1) is 23.1 Å². The number of aliphatic carboxylic acids is 2.